The fourth-order valence-corrected chi connectivity index (χ4v) is 10.3. The largest absolute Gasteiger partial charge is 0.481 e. The van der Waals surface area contributed by atoms with Crippen LogP contribution in [-0.4, -0.2) is 38.8 Å². The average Bonchev–Trinajstić information content (AvgIpc) is 2.08. The number of rotatable bonds is 9. The third-order valence-corrected chi connectivity index (χ3v) is 8.82. The van der Waals surface area contributed by atoms with Gasteiger partial charge in [0.05, 0.1) is 0 Å². The van der Waals surface area contributed by atoms with E-state index in [0.29, 0.717) is 6.42 Å². The molecule has 0 atom stereocenters. The number of hydrogen-bond acceptors (Lipinski definition) is 3. The Balaban J connectivity index is 4.44. The summed E-state index contributed by atoms with van der Waals surface area (Å²) in [6.45, 7) is 10.6. The second-order valence-corrected chi connectivity index (χ2v) is 15.6. The number of carboxylic acid groups (broad SMARTS) is 2. The molecule has 0 bridgehead atoms. The Morgan fingerprint density at radius 1 is 1.00 bits per heavy atom. The Bertz CT molecular complexity index is 307. The Labute approximate surface area is 117 Å². The summed E-state index contributed by atoms with van der Waals surface area (Å²) in [7, 11) is -3.43. The Morgan fingerprint density at radius 2 is 1.42 bits per heavy atom. The highest BCUT2D eigenvalue weighted by Crippen LogP contribution is 2.25. The number of carboxylic acids is 2. The van der Waals surface area contributed by atoms with Crippen molar-refractivity contribution in [3.63, 3.8) is 0 Å². The molecule has 5 nitrogen and oxygen atoms in total. The molecule has 7 heteroatoms. The smallest absolute Gasteiger partial charge is 0.303 e. The normalized spacial score (nSPS) is 12.7. The lowest BCUT2D eigenvalue weighted by Gasteiger charge is -2.32. The van der Waals surface area contributed by atoms with Crippen molar-refractivity contribution in [2.75, 3.05) is 0 Å². The first-order chi connectivity index (χ1) is 8.41. The van der Waals surface area contributed by atoms with Crippen LogP contribution in [0.5, 0.6) is 0 Å². The van der Waals surface area contributed by atoms with E-state index >= 15 is 0 Å². The summed E-state index contributed by atoms with van der Waals surface area (Å²) in [5, 5.41) is 17.6. The number of aliphatic carboxylic acids is 2. The van der Waals surface area contributed by atoms with Gasteiger partial charge in [0.1, 0.15) is 0 Å². The quantitative estimate of drug-likeness (QED) is 0.640. The summed E-state index contributed by atoms with van der Waals surface area (Å²) in [6, 6.07) is 0.808. The van der Waals surface area contributed by atoms with Crippen LogP contribution >= 0.6 is 0 Å². The van der Waals surface area contributed by atoms with Crippen LogP contribution < -0.4 is 0 Å². The predicted octanol–water partition coefficient (Wildman–Crippen LogP) is 3.00. The van der Waals surface area contributed by atoms with Gasteiger partial charge < -0.3 is 14.3 Å². The van der Waals surface area contributed by atoms with E-state index in [4.69, 9.17) is 14.3 Å². The first-order valence-electron chi connectivity index (χ1n) is 6.55. The minimum absolute atomic E-state index is 0.0796. The van der Waals surface area contributed by atoms with Crippen LogP contribution in [0.15, 0.2) is 0 Å². The lowest BCUT2D eigenvalue weighted by molar-refractivity contribution is -0.140. The highest BCUT2D eigenvalue weighted by atomic mass is 28.4. The van der Waals surface area contributed by atoms with Crippen LogP contribution in [0.3, 0.4) is 0 Å². The van der Waals surface area contributed by atoms with E-state index < -0.39 is 28.6 Å². The first-order valence-corrected chi connectivity index (χ1v) is 13.1. The molecule has 0 aromatic heterocycles. The molecule has 0 unspecified atom stereocenters. The van der Waals surface area contributed by atoms with Crippen molar-refractivity contribution in [1.29, 1.82) is 0 Å². The summed E-state index contributed by atoms with van der Waals surface area (Å²) >= 11 is 0. The maximum Gasteiger partial charge on any atom is 0.303 e. The van der Waals surface area contributed by atoms with Crippen molar-refractivity contribution in [3.05, 3.63) is 0 Å². The van der Waals surface area contributed by atoms with Gasteiger partial charge in [0, 0.05) is 12.8 Å². The lowest BCUT2D eigenvalue weighted by atomic mass is 9.99. The number of carbonyl (C=O) groups is 2. The zero-order valence-electron chi connectivity index (χ0n) is 12.5. The molecule has 0 radical (unpaired) electrons. The zero-order chi connectivity index (χ0) is 15.3. The summed E-state index contributed by atoms with van der Waals surface area (Å²) in [5.74, 6) is -2.17. The average molecular weight is 307 g/mol. The van der Waals surface area contributed by atoms with Gasteiger partial charge in [-0.15, -0.1) is 0 Å². The molecule has 0 aromatic carbocycles. The van der Waals surface area contributed by atoms with Crippen molar-refractivity contribution >= 4 is 28.6 Å². The molecule has 0 rings (SSSR count). The molecule has 0 aliphatic rings. The molecule has 0 aromatic rings. The molecular weight excluding hydrogens is 280 g/mol. The van der Waals surface area contributed by atoms with Gasteiger partial charge >= 0.3 is 11.9 Å². The van der Waals surface area contributed by atoms with Gasteiger partial charge in [0.2, 0.25) is 0 Å². The molecule has 19 heavy (non-hydrogen) atoms. The van der Waals surface area contributed by atoms with E-state index in [-0.39, 0.29) is 18.8 Å². The van der Waals surface area contributed by atoms with E-state index in [2.05, 4.69) is 32.7 Å². The summed E-state index contributed by atoms with van der Waals surface area (Å²) in [6.07, 6.45) is 0.454. The molecule has 112 valence electrons. The van der Waals surface area contributed by atoms with Gasteiger partial charge in [-0.3, -0.25) is 9.59 Å². The highest BCUT2D eigenvalue weighted by molar-refractivity contribution is 6.84. The molecule has 0 aliphatic carbocycles. The van der Waals surface area contributed by atoms with Crippen LogP contribution in [0.1, 0.15) is 19.3 Å². The standard InChI is InChI=1S/C12H26O5Si2/c1-18(2,3)17-19(4,5)7-6-10(8-11(13)14)9-12(15)16/h10H,6-9H2,1-5H3,(H,13,14)(H,15,16). The highest BCUT2D eigenvalue weighted by Gasteiger charge is 2.30. The van der Waals surface area contributed by atoms with Crippen LogP contribution in [-0.2, 0) is 13.7 Å². The molecule has 0 saturated carbocycles. The van der Waals surface area contributed by atoms with E-state index in [1.54, 1.807) is 0 Å². The Kier molecular flexibility index (Phi) is 6.95. The van der Waals surface area contributed by atoms with Gasteiger partial charge in [-0.2, -0.15) is 0 Å². The SMILES string of the molecule is C[Si](C)(C)O[Si](C)(C)CCC(CC(=O)O)CC(=O)O. The minimum Gasteiger partial charge on any atom is -0.481 e. The predicted molar refractivity (Wildman–Crippen MR) is 79.3 cm³/mol. The maximum atomic E-state index is 10.7. The van der Waals surface area contributed by atoms with Crippen molar-refractivity contribution in [2.45, 2.75) is 58.0 Å². The fourth-order valence-electron chi connectivity index (χ4n) is 2.20. The van der Waals surface area contributed by atoms with E-state index in [0.717, 1.165) is 6.04 Å². The van der Waals surface area contributed by atoms with Crippen LogP contribution in [0.2, 0.25) is 38.8 Å². The molecular formula is C12H26O5Si2. The van der Waals surface area contributed by atoms with Crippen LogP contribution in [0, 0.1) is 5.92 Å². The van der Waals surface area contributed by atoms with Crippen molar-refractivity contribution in [2.24, 2.45) is 5.92 Å². The van der Waals surface area contributed by atoms with Gasteiger partial charge in [0.25, 0.3) is 0 Å². The van der Waals surface area contributed by atoms with Crippen molar-refractivity contribution < 1.29 is 23.9 Å². The summed E-state index contributed by atoms with van der Waals surface area (Å²) in [4.78, 5) is 21.5. The van der Waals surface area contributed by atoms with Gasteiger partial charge in [-0.1, -0.05) is 0 Å². The fraction of sp³-hybridized carbons (Fsp3) is 0.833. The third kappa shape index (κ3) is 10.9. The molecule has 0 amide bonds. The molecule has 0 heterocycles. The first kappa shape index (κ1) is 18.3. The minimum atomic E-state index is -1.83. The van der Waals surface area contributed by atoms with Gasteiger partial charge in [0.15, 0.2) is 16.6 Å². The second kappa shape index (κ2) is 7.21. The van der Waals surface area contributed by atoms with Gasteiger partial charge in [-0.05, 0) is 51.1 Å². The number of hydrogen-bond donors (Lipinski definition) is 2. The van der Waals surface area contributed by atoms with Crippen LogP contribution in [0.4, 0.5) is 0 Å². The third-order valence-electron chi connectivity index (χ3n) is 2.66. The summed E-state index contributed by atoms with van der Waals surface area (Å²) < 4.78 is 6.17. The van der Waals surface area contributed by atoms with E-state index in [1.807, 2.05) is 0 Å². The summed E-state index contributed by atoms with van der Waals surface area (Å²) in [5.41, 5.74) is 0. The topological polar surface area (TPSA) is 83.8 Å². The lowest BCUT2D eigenvalue weighted by Crippen LogP contribution is -2.42. The monoisotopic (exact) mass is 306 g/mol. The second-order valence-electron chi connectivity index (χ2n) is 6.57. The van der Waals surface area contributed by atoms with Crippen molar-refractivity contribution in [1.82, 2.24) is 0 Å². The zero-order valence-corrected chi connectivity index (χ0v) is 14.5. The van der Waals surface area contributed by atoms with E-state index in [1.165, 1.54) is 0 Å². The maximum absolute atomic E-state index is 10.7. The van der Waals surface area contributed by atoms with E-state index in [9.17, 15) is 9.59 Å². The molecule has 0 saturated heterocycles. The van der Waals surface area contributed by atoms with Crippen molar-refractivity contribution in [3.8, 4) is 0 Å². The van der Waals surface area contributed by atoms with Crippen LogP contribution in [0.25, 0.3) is 0 Å². The molecule has 0 aliphatic heterocycles. The molecule has 0 spiro atoms. The Hall–Kier alpha value is -0.666. The Morgan fingerprint density at radius 3 is 1.74 bits per heavy atom. The molecule has 0 fully saturated rings. The molecule has 2 N–H and O–H groups in total. The van der Waals surface area contributed by atoms with Gasteiger partial charge in [-0.25, -0.2) is 0 Å².